The number of aromatic hydroxyl groups is 1. The third kappa shape index (κ3) is 3.34. The van der Waals surface area contributed by atoms with E-state index in [4.69, 9.17) is 9.72 Å². The van der Waals surface area contributed by atoms with Crippen molar-refractivity contribution in [2.24, 2.45) is 0 Å². The average molecular weight is 372 g/mol. The number of fused-ring (bicyclic) bond motifs is 2. The number of rotatable bonds is 3. The summed E-state index contributed by atoms with van der Waals surface area (Å²) < 4.78 is 5.83. The van der Waals surface area contributed by atoms with E-state index in [0.29, 0.717) is 6.61 Å². The first kappa shape index (κ1) is 16.9. The Hall–Kier alpha value is -3.25. The molecule has 6 heteroatoms. The third-order valence-electron chi connectivity index (χ3n) is 5.13. The highest BCUT2D eigenvalue weighted by molar-refractivity contribution is 5.64. The molecule has 0 fully saturated rings. The van der Waals surface area contributed by atoms with Gasteiger partial charge < -0.3 is 9.84 Å². The predicted molar refractivity (Wildman–Crippen MR) is 106 cm³/mol. The summed E-state index contributed by atoms with van der Waals surface area (Å²) in [5.41, 5.74) is 5.38. The molecule has 0 unspecified atom stereocenters. The van der Waals surface area contributed by atoms with Crippen molar-refractivity contribution >= 4 is 6.08 Å². The van der Waals surface area contributed by atoms with Crippen LogP contribution in [0.1, 0.15) is 16.8 Å². The van der Waals surface area contributed by atoms with Crippen LogP contribution >= 0.6 is 0 Å². The van der Waals surface area contributed by atoms with Crippen LogP contribution in [-0.2, 0) is 13.0 Å². The average Bonchev–Trinajstić information content (AvgIpc) is 2.74. The van der Waals surface area contributed by atoms with Crippen LogP contribution in [0.5, 0.6) is 11.5 Å². The number of ether oxygens (including phenoxy) is 1. The monoisotopic (exact) mass is 372 g/mol. The highest BCUT2D eigenvalue weighted by atomic mass is 16.5. The number of hydrogen-bond donors (Lipinski definition) is 1. The Labute approximate surface area is 163 Å². The molecule has 2 aliphatic rings. The minimum Gasteiger partial charge on any atom is -0.508 e. The van der Waals surface area contributed by atoms with Gasteiger partial charge in [-0.05, 0) is 42.0 Å². The van der Waals surface area contributed by atoms with Gasteiger partial charge in [0.15, 0.2) is 5.82 Å². The van der Waals surface area contributed by atoms with Crippen molar-refractivity contribution in [1.29, 1.82) is 0 Å². The number of benzene rings is 1. The van der Waals surface area contributed by atoms with Crippen molar-refractivity contribution in [2.75, 3.05) is 19.7 Å². The summed E-state index contributed by atoms with van der Waals surface area (Å²) in [5, 5.41) is 9.70. The summed E-state index contributed by atoms with van der Waals surface area (Å²) in [7, 11) is 0. The molecule has 5 rings (SSSR count). The molecule has 0 bridgehead atoms. The SMILES string of the molecule is Oc1ccc2c(c1)C=C(CN1CCc3nc(-c4cccnc4)ncc3C1)CO2. The Bertz CT molecular complexity index is 1050. The zero-order valence-electron chi connectivity index (χ0n) is 15.4. The lowest BCUT2D eigenvalue weighted by molar-refractivity contribution is 0.255. The molecule has 3 aromatic rings. The Morgan fingerprint density at radius 3 is 3.04 bits per heavy atom. The molecule has 28 heavy (non-hydrogen) atoms. The van der Waals surface area contributed by atoms with Gasteiger partial charge in [0.05, 0.1) is 5.69 Å². The topological polar surface area (TPSA) is 71.4 Å². The van der Waals surface area contributed by atoms with E-state index >= 15 is 0 Å². The molecular formula is C22H20N4O2. The van der Waals surface area contributed by atoms with Gasteiger partial charge in [0.25, 0.3) is 0 Å². The largest absolute Gasteiger partial charge is 0.508 e. The van der Waals surface area contributed by atoms with Crippen molar-refractivity contribution in [2.45, 2.75) is 13.0 Å². The molecule has 6 nitrogen and oxygen atoms in total. The van der Waals surface area contributed by atoms with Gasteiger partial charge in [0, 0.05) is 61.3 Å². The van der Waals surface area contributed by atoms with Crippen molar-refractivity contribution in [3.63, 3.8) is 0 Å². The fourth-order valence-corrected chi connectivity index (χ4v) is 3.73. The molecule has 0 saturated heterocycles. The lowest BCUT2D eigenvalue weighted by Crippen LogP contribution is -2.34. The number of nitrogens with zero attached hydrogens (tertiary/aromatic N) is 4. The summed E-state index contributed by atoms with van der Waals surface area (Å²) in [4.78, 5) is 15.8. The second kappa shape index (κ2) is 7.05. The van der Waals surface area contributed by atoms with Gasteiger partial charge in [0.2, 0.25) is 0 Å². The lowest BCUT2D eigenvalue weighted by atomic mass is 10.0. The molecule has 4 heterocycles. The minimum atomic E-state index is 0.258. The molecule has 0 saturated carbocycles. The van der Waals surface area contributed by atoms with Crippen LogP contribution in [0.4, 0.5) is 0 Å². The van der Waals surface area contributed by atoms with Crippen molar-refractivity contribution in [1.82, 2.24) is 19.9 Å². The molecule has 1 aromatic carbocycles. The Balaban J connectivity index is 1.31. The molecule has 0 radical (unpaired) electrons. The normalized spacial score (nSPS) is 15.9. The third-order valence-corrected chi connectivity index (χ3v) is 5.13. The van der Waals surface area contributed by atoms with Crippen molar-refractivity contribution in [3.05, 3.63) is 71.3 Å². The van der Waals surface area contributed by atoms with E-state index < -0.39 is 0 Å². The van der Waals surface area contributed by atoms with Gasteiger partial charge in [-0.3, -0.25) is 9.88 Å². The lowest BCUT2D eigenvalue weighted by Gasteiger charge is -2.30. The Morgan fingerprint density at radius 2 is 2.14 bits per heavy atom. The van der Waals surface area contributed by atoms with Gasteiger partial charge in [-0.2, -0.15) is 0 Å². The van der Waals surface area contributed by atoms with Gasteiger partial charge in [-0.15, -0.1) is 0 Å². The smallest absolute Gasteiger partial charge is 0.160 e. The summed E-state index contributed by atoms with van der Waals surface area (Å²) in [5.74, 6) is 1.82. The number of phenolic OH excluding ortho intramolecular Hbond substituents is 1. The van der Waals surface area contributed by atoms with Crippen molar-refractivity contribution in [3.8, 4) is 22.9 Å². The minimum absolute atomic E-state index is 0.258. The van der Waals surface area contributed by atoms with Gasteiger partial charge >= 0.3 is 0 Å². The second-order valence-corrected chi connectivity index (χ2v) is 7.18. The first-order chi connectivity index (χ1) is 13.7. The van der Waals surface area contributed by atoms with Crippen LogP contribution < -0.4 is 4.74 Å². The van der Waals surface area contributed by atoms with Crippen LogP contribution in [0.25, 0.3) is 17.5 Å². The molecule has 140 valence electrons. The number of aromatic nitrogens is 3. The molecule has 0 aliphatic carbocycles. The summed E-state index contributed by atoms with van der Waals surface area (Å²) in [6, 6.07) is 9.09. The number of hydrogen-bond acceptors (Lipinski definition) is 6. The van der Waals surface area contributed by atoms with E-state index in [2.05, 4.69) is 20.9 Å². The van der Waals surface area contributed by atoms with E-state index in [-0.39, 0.29) is 5.75 Å². The zero-order valence-corrected chi connectivity index (χ0v) is 15.4. The van der Waals surface area contributed by atoms with Crippen LogP contribution in [-0.4, -0.2) is 44.7 Å². The highest BCUT2D eigenvalue weighted by Gasteiger charge is 2.21. The maximum Gasteiger partial charge on any atom is 0.160 e. The highest BCUT2D eigenvalue weighted by Crippen LogP contribution is 2.30. The van der Waals surface area contributed by atoms with E-state index in [1.54, 1.807) is 24.5 Å². The molecule has 0 spiro atoms. The second-order valence-electron chi connectivity index (χ2n) is 7.18. The quantitative estimate of drug-likeness (QED) is 0.762. The zero-order chi connectivity index (χ0) is 18.9. The van der Waals surface area contributed by atoms with Gasteiger partial charge in [0.1, 0.15) is 18.1 Å². The number of pyridine rings is 1. The van der Waals surface area contributed by atoms with Gasteiger partial charge in [-0.1, -0.05) is 0 Å². The predicted octanol–water partition coefficient (Wildman–Crippen LogP) is 3.08. The number of phenols is 1. The van der Waals surface area contributed by atoms with E-state index in [1.165, 1.54) is 11.1 Å². The Kier molecular flexibility index (Phi) is 4.25. The summed E-state index contributed by atoms with van der Waals surface area (Å²) >= 11 is 0. The van der Waals surface area contributed by atoms with Crippen LogP contribution in [0, 0.1) is 0 Å². The van der Waals surface area contributed by atoms with Crippen LogP contribution in [0.15, 0.2) is 54.5 Å². The molecule has 0 amide bonds. The fourth-order valence-electron chi connectivity index (χ4n) is 3.73. The summed E-state index contributed by atoms with van der Waals surface area (Å²) in [6.45, 7) is 3.18. The molecule has 2 aromatic heterocycles. The standard InChI is InChI=1S/C22H20N4O2/c27-19-3-4-21-17(9-19)8-15(14-28-21)12-26-7-5-20-18(13-26)11-24-22(25-20)16-2-1-6-23-10-16/h1-4,6,8-11,27H,5,7,12-14H2. The van der Waals surface area contributed by atoms with Crippen LogP contribution in [0.3, 0.4) is 0 Å². The first-order valence-corrected chi connectivity index (χ1v) is 9.37. The van der Waals surface area contributed by atoms with E-state index in [0.717, 1.165) is 54.4 Å². The maximum absolute atomic E-state index is 9.70. The maximum atomic E-state index is 9.70. The van der Waals surface area contributed by atoms with Crippen molar-refractivity contribution < 1.29 is 9.84 Å². The summed E-state index contributed by atoms with van der Waals surface area (Å²) in [6.07, 6.45) is 8.51. The Morgan fingerprint density at radius 1 is 1.18 bits per heavy atom. The molecular weight excluding hydrogens is 352 g/mol. The van der Waals surface area contributed by atoms with Gasteiger partial charge in [-0.25, -0.2) is 9.97 Å². The molecule has 1 N–H and O–H groups in total. The molecule has 2 aliphatic heterocycles. The first-order valence-electron chi connectivity index (χ1n) is 9.37. The van der Waals surface area contributed by atoms with E-state index in [1.807, 2.05) is 24.4 Å². The van der Waals surface area contributed by atoms with E-state index in [9.17, 15) is 5.11 Å². The fraction of sp³-hybridized carbons (Fsp3) is 0.227. The molecule has 0 atom stereocenters. The van der Waals surface area contributed by atoms with Crippen LogP contribution in [0.2, 0.25) is 0 Å².